The molecule has 0 spiro atoms. The van der Waals surface area contributed by atoms with Crippen molar-refractivity contribution in [3.63, 3.8) is 0 Å². The molecule has 0 heterocycles. The molecule has 0 saturated heterocycles. The first-order valence-corrected chi connectivity index (χ1v) is 0. The average molecular weight is 117 g/mol. The van der Waals surface area contributed by atoms with E-state index in [0.717, 1.165) is 0 Å². The number of hydrogen-bond donors (Lipinski definition) is 0. The Balaban J connectivity index is 0. The Morgan fingerprint density at radius 3 is 1.00 bits per heavy atom. The van der Waals surface area contributed by atoms with Crippen LogP contribution in [0.3, 0.4) is 0 Å². The van der Waals surface area contributed by atoms with Crippen molar-refractivity contribution >= 4 is 59.3 Å². The summed E-state index contributed by atoms with van der Waals surface area (Å²) in [5, 5.41) is 0. The van der Waals surface area contributed by atoms with Gasteiger partial charge in [-0.2, -0.15) is 0 Å². The molecule has 0 aromatic heterocycles. The van der Waals surface area contributed by atoms with Gasteiger partial charge < -0.3 is 0 Å². The van der Waals surface area contributed by atoms with Crippen LogP contribution in [0.25, 0.3) is 0 Å². The van der Waals surface area contributed by atoms with Gasteiger partial charge in [-0.15, -0.1) is 0 Å². The fraction of sp³-hybridized carbons (Fsp3) is 0. The second-order valence-electron chi connectivity index (χ2n) is 0. The Morgan fingerprint density at radius 1 is 1.00 bits per heavy atom. The molecule has 0 atom stereocenters. The van der Waals surface area contributed by atoms with Gasteiger partial charge >= 0.3 is 0 Å². The summed E-state index contributed by atoms with van der Waals surface area (Å²) in [6, 6.07) is 0. The largest absolute Gasteiger partial charge is 0 e. The number of hydrogen-bond acceptors (Lipinski definition) is 0. The third kappa shape index (κ3) is 8.83. The van der Waals surface area contributed by atoms with Crippen LogP contribution in [-0.4, -0.2) is 59.3 Å². The summed E-state index contributed by atoms with van der Waals surface area (Å²) < 4.78 is 0. The Kier molecular flexibility index (Phi) is 148. The van der Waals surface area contributed by atoms with Crippen molar-refractivity contribution in [2.75, 3.05) is 0 Å². The van der Waals surface area contributed by atoms with Crippen molar-refractivity contribution in [3.8, 4) is 0 Å². The maximum Gasteiger partial charge on any atom is 0 e. The van der Waals surface area contributed by atoms with Crippen LogP contribution in [0, 0.1) is 0 Å². The van der Waals surface area contributed by atoms with E-state index in [1.807, 2.05) is 0 Å². The summed E-state index contributed by atoms with van der Waals surface area (Å²) in [5.41, 5.74) is 0. The topological polar surface area (TPSA) is 0 Å². The summed E-state index contributed by atoms with van der Waals surface area (Å²) in [6.07, 6.45) is 0. The van der Waals surface area contributed by atoms with Crippen LogP contribution in [0.4, 0.5) is 0 Å². The average Bonchev–Trinajstić information content (AvgIpc) is 0. The van der Waals surface area contributed by atoms with E-state index in [-0.39, 0.29) is 75.8 Å². The smallest absolute Gasteiger partial charge is 0 e. The van der Waals surface area contributed by atoms with Crippen LogP contribution in [0.15, 0.2) is 0 Å². The van der Waals surface area contributed by atoms with Crippen molar-refractivity contribution in [2.24, 2.45) is 0 Å². The van der Waals surface area contributed by atoms with E-state index in [2.05, 4.69) is 0 Å². The predicted octanol–water partition coefficient (Wildman–Crippen LogP) is -1.14. The molecule has 0 nitrogen and oxygen atoms in total. The minimum absolute atomic E-state index is 0. The Morgan fingerprint density at radius 2 is 1.00 bits per heavy atom. The first-order chi connectivity index (χ1) is 0. The molecule has 0 aromatic rings. The molecule has 0 N–H and O–H groups in total. The number of rotatable bonds is 0. The zero-order valence-corrected chi connectivity index (χ0v) is 6.16. The van der Waals surface area contributed by atoms with Gasteiger partial charge in [0.2, 0.25) is 0 Å². The summed E-state index contributed by atoms with van der Waals surface area (Å²) in [6.45, 7) is 0. The molecule has 0 amide bonds. The SMILES string of the molecule is [Al].[Li].[Mg].[Ni]. The molecule has 4 heavy (non-hydrogen) atoms. The molecule has 0 aromatic carbocycles. The van der Waals surface area contributed by atoms with E-state index in [4.69, 9.17) is 0 Å². The standard InChI is InChI=1S/Al.Li.Mg.Ni. The van der Waals surface area contributed by atoms with Gasteiger partial charge in [-0.25, -0.2) is 0 Å². The van der Waals surface area contributed by atoms with Crippen molar-refractivity contribution in [2.45, 2.75) is 0 Å². The zero-order valence-electron chi connectivity index (χ0n) is 2.60. The Hall–Kier alpha value is 2.39. The van der Waals surface area contributed by atoms with Crippen molar-refractivity contribution in [1.82, 2.24) is 0 Å². The van der Waals surface area contributed by atoms with Crippen LogP contribution < -0.4 is 0 Å². The van der Waals surface area contributed by atoms with Crippen LogP contribution in [0.1, 0.15) is 0 Å². The van der Waals surface area contributed by atoms with Crippen LogP contribution in [0.2, 0.25) is 0 Å². The van der Waals surface area contributed by atoms with E-state index in [9.17, 15) is 0 Å². The minimum Gasteiger partial charge on any atom is 0 e. The van der Waals surface area contributed by atoms with Gasteiger partial charge in [0, 0.05) is 75.8 Å². The van der Waals surface area contributed by atoms with E-state index < -0.39 is 0 Å². The maximum absolute atomic E-state index is 0. The monoisotopic (exact) mass is 116 g/mol. The second-order valence-corrected chi connectivity index (χ2v) is 0. The van der Waals surface area contributed by atoms with Crippen molar-refractivity contribution in [1.29, 1.82) is 0 Å². The van der Waals surface area contributed by atoms with E-state index in [1.165, 1.54) is 0 Å². The first-order valence-electron chi connectivity index (χ1n) is 0. The molecule has 6 radical (unpaired) electrons. The normalized spacial score (nSPS) is 0. The van der Waals surface area contributed by atoms with Gasteiger partial charge in [0.25, 0.3) is 0 Å². The van der Waals surface area contributed by atoms with Crippen LogP contribution >= 0.6 is 0 Å². The zero-order chi connectivity index (χ0) is 0. The molecule has 0 fully saturated rings. The molecular weight excluding hydrogens is 117 g/mol. The van der Waals surface area contributed by atoms with E-state index in [0.29, 0.717) is 0 Å². The fourth-order valence-electron chi connectivity index (χ4n) is 0. The first kappa shape index (κ1) is 32.5. The summed E-state index contributed by atoms with van der Waals surface area (Å²) in [7, 11) is 0. The molecule has 4 heteroatoms. The molecule has 16 valence electrons. The van der Waals surface area contributed by atoms with Crippen LogP contribution in [0.5, 0.6) is 0 Å². The maximum atomic E-state index is 0. The molecule has 0 rings (SSSR count). The molecule has 0 unspecified atom stereocenters. The molecule has 0 aliphatic rings. The van der Waals surface area contributed by atoms with Gasteiger partial charge in [0.15, 0.2) is 0 Å². The van der Waals surface area contributed by atoms with Gasteiger partial charge in [-0.1, -0.05) is 0 Å². The van der Waals surface area contributed by atoms with E-state index in [1.54, 1.807) is 0 Å². The van der Waals surface area contributed by atoms with E-state index >= 15 is 0 Å². The predicted molar refractivity (Wildman–Crippen MR) is 17.3 cm³/mol. The summed E-state index contributed by atoms with van der Waals surface area (Å²) >= 11 is 0. The molecule has 0 aliphatic carbocycles. The molecular formula is AlLiMgNi. The second kappa shape index (κ2) is 18.2. The third-order valence-electron chi connectivity index (χ3n) is 0. The van der Waals surface area contributed by atoms with Crippen LogP contribution in [-0.2, 0) is 16.5 Å². The molecule has 0 bridgehead atoms. The van der Waals surface area contributed by atoms with Gasteiger partial charge in [-0.3, -0.25) is 0 Å². The third-order valence-corrected chi connectivity index (χ3v) is 0. The van der Waals surface area contributed by atoms with Crippen molar-refractivity contribution < 1.29 is 16.5 Å². The Labute approximate surface area is 74.9 Å². The quantitative estimate of drug-likeness (QED) is 0.351. The summed E-state index contributed by atoms with van der Waals surface area (Å²) in [4.78, 5) is 0. The summed E-state index contributed by atoms with van der Waals surface area (Å²) in [5.74, 6) is 0. The molecule has 0 aliphatic heterocycles. The van der Waals surface area contributed by atoms with Gasteiger partial charge in [0.1, 0.15) is 0 Å². The Bertz CT molecular complexity index is 8.00. The van der Waals surface area contributed by atoms with Gasteiger partial charge in [0.05, 0.1) is 0 Å². The van der Waals surface area contributed by atoms with Gasteiger partial charge in [-0.05, 0) is 0 Å². The van der Waals surface area contributed by atoms with Crippen molar-refractivity contribution in [3.05, 3.63) is 0 Å². The fourth-order valence-corrected chi connectivity index (χ4v) is 0. The minimum atomic E-state index is 0. The molecule has 0 saturated carbocycles.